The van der Waals surface area contributed by atoms with Gasteiger partial charge in [0.25, 0.3) is 5.91 Å². The second kappa shape index (κ2) is 16.2. The fraction of sp³-hybridized carbons (Fsp3) is 0.306. The van der Waals surface area contributed by atoms with Crippen LogP contribution in [0.4, 0.5) is 21.5 Å². The molecule has 0 saturated heterocycles. The van der Waals surface area contributed by atoms with Crippen LogP contribution in [0.2, 0.25) is 5.02 Å². The molecule has 0 aliphatic carbocycles. The van der Waals surface area contributed by atoms with Crippen LogP contribution in [0.5, 0.6) is 0 Å². The molecule has 2 aromatic carbocycles. The molecule has 1 atom stereocenters. The lowest BCUT2D eigenvalue weighted by Crippen LogP contribution is -2.26. The normalized spacial score (nSPS) is 13.3. The summed E-state index contributed by atoms with van der Waals surface area (Å²) in [6, 6.07) is 11.9. The van der Waals surface area contributed by atoms with Crippen molar-refractivity contribution in [1.82, 2.24) is 25.1 Å². The largest absolute Gasteiger partial charge is 0.385 e. The number of halogens is 1. The highest BCUT2D eigenvalue weighted by Gasteiger charge is 2.32. The number of nitrogens with one attached hydrogen (secondary N) is 4. The third-order valence-corrected chi connectivity index (χ3v) is 11.2. The number of hydrogen-bond acceptors (Lipinski definition) is 12. The molecule has 0 radical (unpaired) electrons. The van der Waals surface area contributed by atoms with Crippen LogP contribution in [0.3, 0.4) is 0 Å². The van der Waals surface area contributed by atoms with Crippen molar-refractivity contribution in [3.05, 3.63) is 102 Å². The van der Waals surface area contributed by atoms with Gasteiger partial charge in [0.05, 0.1) is 28.3 Å². The molecule has 5 aromatic rings. The Morgan fingerprint density at radius 2 is 1.72 bits per heavy atom. The van der Waals surface area contributed by atoms with Gasteiger partial charge in [0.2, 0.25) is 11.8 Å². The van der Waals surface area contributed by atoms with Crippen LogP contribution in [0.25, 0.3) is 5.00 Å². The zero-order valence-corrected chi connectivity index (χ0v) is 32.5. The summed E-state index contributed by atoms with van der Waals surface area (Å²) >= 11 is 8.62. The number of benzene rings is 2. The number of thiazole rings is 1. The van der Waals surface area contributed by atoms with Crippen LogP contribution >= 0.6 is 34.3 Å². The van der Waals surface area contributed by atoms with Gasteiger partial charge >= 0.3 is 5.00 Å². The molecule has 3 aromatic heterocycles. The number of aromatic nitrogens is 4. The molecule has 6 rings (SSSR count). The predicted molar refractivity (Wildman–Crippen MR) is 211 cm³/mol. The van der Waals surface area contributed by atoms with Crippen LogP contribution in [-0.2, 0) is 9.59 Å². The molecule has 280 valence electrons. The lowest BCUT2D eigenvalue weighted by Gasteiger charge is -2.14. The van der Waals surface area contributed by atoms with E-state index in [9.17, 15) is 24.5 Å². The van der Waals surface area contributed by atoms with E-state index in [1.54, 1.807) is 29.5 Å². The zero-order valence-electron chi connectivity index (χ0n) is 30.1. The molecule has 3 amide bonds. The van der Waals surface area contributed by atoms with Gasteiger partial charge in [-0.25, -0.2) is 4.98 Å². The minimum absolute atomic E-state index is 0.0808. The molecule has 0 fully saturated rings. The monoisotopic (exact) mass is 788 g/mol. The second-order valence-electron chi connectivity index (χ2n) is 12.7. The topological polar surface area (TPSA) is 198 Å². The summed E-state index contributed by atoms with van der Waals surface area (Å²) in [6.07, 6.45) is 1.49. The van der Waals surface area contributed by atoms with E-state index in [2.05, 4.69) is 50.3 Å². The van der Waals surface area contributed by atoms with E-state index in [1.807, 2.05) is 35.8 Å². The maximum atomic E-state index is 13.3. The number of thiophene rings is 1. The number of unbranched alkanes of at least 4 members (excludes halogenated alkanes) is 1. The van der Waals surface area contributed by atoms with Crippen molar-refractivity contribution in [2.45, 2.75) is 59.9 Å². The average Bonchev–Trinajstić information content (AvgIpc) is 3.75. The van der Waals surface area contributed by atoms with Crippen molar-refractivity contribution >= 4 is 79.2 Å². The van der Waals surface area contributed by atoms with E-state index in [0.29, 0.717) is 36.0 Å². The highest BCUT2D eigenvalue weighted by Crippen LogP contribution is 2.39. The van der Waals surface area contributed by atoms with Gasteiger partial charge in [-0.3, -0.25) is 39.4 Å². The molecule has 1 aliphatic heterocycles. The summed E-state index contributed by atoms with van der Waals surface area (Å²) in [6.45, 7) is 9.89. The lowest BCUT2D eigenvalue weighted by molar-refractivity contribution is -0.380. The molecule has 18 heteroatoms. The number of anilines is 3. The summed E-state index contributed by atoms with van der Waals surface area (Å²) in [5.41, 5.74) is 5.11. The van der Waals surface area contributed by atoms with Crippen molar-refractivity contribution in [1.29, 1.82) is 0 Å². The number of amides is 3. The number of fused-ring (bicyclic) bond motifs is 3. The first-order valence-electron chi connectivity index (χ1n) is 17.0. The number of hydrogen-bond donors (Lipinski definition) is 4. The number of rotatable bonds is 13. The van der Waals surface area contributed by atoms with E-state index in [-0.39, 0.29) is 45.3 Å². The summed E-state index contributed by atoms with van der Waals surface area (Å²) in [5, 5.41) is 33.1. The fourth-order valence-corrected chi connectivity index (χ4v) is 8.13. The first-order valence-corrected chi connectivity index (χ1v) is 19.0. The SMILES string of the molecule is CC(=O)Nc1cc(NCCCCNC(=O)C[C@@H]2N=C(c3ccc(Cl)cc3)c3c(sc(C)c3C)-n3c(C)nnc32)ccc1C(=O)Nc1nc(C)c([N+](=O)[O-])s1. The van der Waals surface area contributed by atoms with Gasteiger partial charge in [0.15, 0.2) is 11.0 Å². The standard InChI is InChI=1S/C36H37ClN10O5S2/c1-18-20(3)53-35-30(18)31(23-8-10-24(37)11-9-23)42-28(32-45-44-21(4)46(32)35)17-29(49)39-15-7-6-14-38-25-12-13-26(27(16-25)41-22(5)48)33(50)43-36-40-19(2)34(54-36)47(51)52/h8-13,16,28,38H,6-7,14-15,17H2,1-5H3,(H,39,49)(H,41,48)(H,40,43,50)/t28-/m0/s1. The minimum atomic E-state index is -0.572. The molecular weight excluding hydrogens is 752 g/mol. The molecule has 0 unspecified atom stereocenters. The van der Waals surface area contributed by atoms with E-state index in [4.69, 9.17) is 16.6 Å². The van der Waals surface area contributed by atoms with Crippen LogP contribution in [-0.4, -0.2) is 61.2 Å². The molecule has 0 bridgehead atoms. The number of nitro groups is 1. The maximum absolute atomic E-state index is 13.3. The fourth-order valence-electron chi connectivity index (χ4n) is 6.01. The third-order valence-electron chi connectivity index (χ3n) is 8.72. The Bertz CT molecular complexity index is 2300. The predicted octanol–water partition coefficient (Wildman–Crippen LogP) is 7.08. The highest BCUT2D eigenvalue weighted by atomic mass is 35.5. The number of nitrogens with zero attached hydrogens (tertiary/aromatic N) is 6. The first kappa shape index (κ1) is 38.2. The van der Waals surface area contributed by atoms with Crippen molar-refractivity contribution in [2.75, 3.05) is 29.0 Å². The molecule has 54 heavy (non-hydrogen) atoms. The van der Waals surface area contributed by atoms with Crippen LogP contribution in [0.1, 0.15) is 81.5 Å². The van der Waals surface area contributed by atoms with Crippen LogP contribution in [0.15, 0.2) is 47.5 Å². The Morgan fingerprint density at radius 3 is 2.43 bits per heavy atom. The minimum Gasteiger partial charge on any atom is -0.385 e. The van der Waals surface area contributed by atoms with Crippen LogP contribution < -0.4 is 21.3 Å². The zero-order chi connectivity index (χ0) is 38.7. The number of carbonyl (C=O) groups is 3. The quantitative estimate of drug-likeness (QED) is 0.0547. The van der Waals surface area contributed by atoms with E-state index in [0.717, 1.165) is 51.0 Å². The van der Waals surface area contributed by atoms with Gasteiger partial charge in [-0.15, -0.1) is 21.5 Å². The lowest BCUT2D eigenvalue weighted by atomic mass is 9.99. The summed E-state index contributed by atoms with van der Waals surface area (Å²) < 4.78 is 2.02. The molecule has 0 saturated carbocycles. The second-order valence-corrected chi connectivity index (χ2v) is 15.3. The molecule has 4 heterocycles. The van der Waals surface area contributed by atoms with Gasteiger partial charge < -0.3 is 16.0 Å². The summed E-state index contributed by atoms with van der Waals surface area (Å²) in [5.74, 6) is 0.234. The molecule has 4 N–H and O–H groups in total. The smallest absolute Gasteiger partial charge is 0.348 e. The Kier molecular flexibility index (Phi) is 11.5. The van der Waals surface area contributed by atoms with Crippen molar-refractivity contribution in [3.63, 3.8) is 0 Å². The average molecular weight is 789 g/mol. The van der Waals surface area contributed by atoms with Gasteiger partial charge in [-0.05, 0) is 87.8 Å². The maximum Gasteiger partial charge on any atom is 0.348 e. The molecule has 0 spiro atoms. The Labute approximate surface area is 323 Å². The van der Waals surface area contributed by atoms with E-state index >= 15 is 0 Å². The Balaban J connectivity index is 1.06. The summed E-state index contributed by atoms with van der Waals surface area (Å²) in [4.78, 5) is 59.3. The molecule has 1 aliphatic rings. The van der Waals surface area contributed by atoms with E-state index < -0.39 is 16.9 Å². The van der Waals surface area contributed by atoms with Gasteiger partial charge in [-0.2, -0.15) is 0 Å². The number of carbonyl (C=O) groups excluding carboxylic acids is 3. The Hall–Kier alpha value is -5.52. The van der Waals surface area contributed by atoms with Gasteiger partial charge in [0, 0.05) is 46.7 Å². The van der Waals surface area contributed by atoms with Gasteiger partial charge in [-0.1, -0.05) is 23.7 Å². The Morgan fingerprint density at radius 1 is 0.981 bits per heavy atom. The molecule has 15 nitrogen and oxygen atoms in total. The van der Waals surface area contributed by atoms with Crippen molar-refractivity contribution < 1.29 is 19.3 Å². The number of aryl methyl sites for hydroxylation is 3. The third kappa shape index (κ3) is 8.32. The van der Waals surface area contributed by atoms with Crippen molar-refractivity contribution in [2.24, 2.45) is 4.99 Å². The molecular formula is C36H37ClN10O5S2. The first-order chi connectivity index (χ1) is 25.8. The number of aliphatic imine (C=N–C) groups is 1. The van der Waals surface area contributed by atoms with Gasteiger partial charge in [0.1, 0.15) is 22.6 Å². The van der Waals surface area contributed by atoms with Crippen molar-refractivity contribution in [3.8, 4) is 5.00 Å². The van der Waals surface area contributed by atoms with E-state index in [1.165, 1.54) is 18.7 Å². The highest BCUT2D eigenvalue weighted by molar-refractivity contribution is 7.19. The summed E-state index contributed by atoms with van der Waals surface area (Å²) in [7, 11) is 0. The van der Waals surface area contributed by atoms with Crippen LogP contribution in [0, 0.1) is 37.8 Å².